The fourth-order valence-corrected chi connectivity index (χ4v) is 4.52. The van der Waals surface area contributed by atoms with Crippen molar-refractivity contribution in [2.75, 3.05) is 62.5 Å². The van der Waals surface area contributed by atoms with Crippen LogP contribution < -0.4 is 25.6 Å². The third kappa shape index (κ3) is 8.18. The molecule has 0 aliphatic carbocycles. The molecule has 1 aliphatic heterocycles. The van der Waals surface area contributed by atoms with Gasteiger partial charge in [-0.05, 0) is 66.6 Å². The van der Waals surface area contributed by atoms with E-state index in [1.165, 1.54) is 19.2 Å². The first-order chi connectivity index (χ1) is 19.9. The molecule has 10 nitrogen and oxygen atoms in total. The second kappa shape index (κ2) is 14.1. The van der Waals surface area contributed by atoms with Crippen molar-refractivity contribution >= 4 is 34.9 Å². The van der Waals surface area contributed by atoms with Gasteiger partial charge in [0.25, 0.3) is 5.91 Å². The van der Waals surface area contributed by atoms with Gasteiger partial charge in [-0.3, -0.25) is 9.59 Å². The molecule has 0 unspecified atom stereocenters. The van der Waals surface area contributed by atoms with Crippen molar-refractivity contribution in [2.45, 2.75) is 13.0 Å². The van der Waals surface area contributed by atoms with Crippen molar-refractivity contribution < 1.29 is 28.2 Å². The number of carbonyl (C=O) groups is 3. The van der Waals surface area contributed by atoms with Crippen LogP contribution >= 0.6 is 0 Å². The maximum Gasteiger partial charge on any atom is 0.321 e. The minimum Gasteiger partial charge on any atom is -0.497 e. The highest BCUT2D eigenvalue weighted by Gasteiger charge is 2.23. The number of ether oxygens (including phenoxy) is 2. The molecule has 4 rings (SSSR count). The number of nitrogens with one attached hydrogen (secondary N) is 3. The second-order valence-electron chi connectivity index (χ2n) is 9.51. The molecule has 0 spiro atoms. The first-order valence-electron chi connectivity index (χ1n) is 13.3. The summed E-state index contributed by atoms with van der Waals surface area (Å²) in [5.41, 5.74) is 2.93. The van der Waals surface area contributed by atoms with Gasteiger partial charge >= 0.3 is 6.03 Å². The molecule has 1 fully saturated rings. The van der Waals surface area contributed by atoms with Crippen LogP contribution in [0.1, 0.15) is 22.3 Å². The van der Waals surface area contributed by atoms with Gasteiger partial charge in [0.15, 0.2) is 0 Å². The number of anilines is 3. The smallest absolute Gasteiger partial charge is 0.321 e. The summed E-state index contributed by atoms with van der Waals surface area (Å²) in [5, 5.41) is 8.55. The molecule has 0 saturated carbocycles. The van der Waals surface area contributed by atoms with Crippen LogP contribution in [0.15, 0.2) is 66.7 Å². The van der Waals surface area contributed by atoms with Gasteiger partial charge in [0, 0.05) is 56.9 Å². The normalized spacial score (nSPS) is 13.2. The summed E-state index contributed by atoms with van der Waals surface area (Å²) < 4.78 is 23.4. The fourth-order valence-electron chi connectivity index (χ4n) is 4.52. The van der Waals surface area contributed by atoms with E-state index in [1.807, 2.05) is 0 Å². The minimum atomic E-state index is -0.352. The van der Waals surface area contributed by atoms with E-state index in [9.17, 15) is 18.8 Å². The molecule has 3 N–H and O–H groups in total. The van der Waals surface area contributed by atoms with Crippen molar-refractivity contribution in [1.82, 2.24) is 10.2 Å². The quantitative estimate of drug-likeness (QED) is 0.362. The van der Waals surface area contributed by atoms with Gasteiger partial charge in [-0.25, -0.2) is 9.18 Å². The van der Waals surface area contributed by atoms with Crippen LogP contribution in [-0.2, 0) is 16.1 Å². The number of nitrogens with zero attached hydrogens (tertiary/aromatic N) is 2. The molecular formula is C30H34FN5O5. The lowest BCUT2D eigenvalue weighted by atomic mass is 10.1. The lowest BCUT2D eigenvalue weighted by molar-refractivity contribution is -0.119. The number of benzene rings is 3. The number of rotatable bonds is 9. The van der Waals surface area contributed by atoms with E-state index >= 15 is 0 Å². The zero-order valence-corrected chi connectivity index (χ0v) is 23.1. The number of amides is 4. The highest BCUT2D eigenvalue weighted by molar-refractivity contribution is 6.02. The van der Waals surface area contributed by atoms with E-state index < -0.39 is 0 Å². The molecule has 1 heterocycles. The number of hydrogen-bond acceptors (Lipinski definition) is 6. The van der Waals surface area contributed by atoms with E-state index in [0.717, 1.165) is 5.56 Å². The average molecular weight is 564 g/mol. The number of carbonyl (C=O) groups excluding carboxylic acids is 3. The van der Waals surface area contributed by atoms with Gasteiger partial charge in [0.1, 0.15) is 18.2 Å². The first-order valence-corrected chi connectivity index (χ1v) is 13.3. The Morgan fingerprint density at radius 1 is 0.854 bits per heavy atom. The average Bonchev–Trinajstić information content (AvgIpc) is 3.24. The van der Waals surface area contributed by atoms with Crippen molar-refractivity contribution in [3.8, 4) is 5.75 Å². The Bertz CT molecular complexity index is 1350. The number of urea groups is 1. The van der Waals surface area contributed by atoms with Crippen LogP contribution in [0.25, 0.3) is 0 Å². The molecule has 0 bridgehead atoms. The summed E-state index contributed by atoms with van der Waals surface area (Å²) in [6.07, 6.45) is 0.693. The third-order valence-corrected chi connectivity index (χ3v) is 6.63. The molecule has 3 aromatic carbocycles. The van der Waals surface area contributed by atoms with E-state index in [1.54, 1.807) is 66.6 Å². The molecule has 11 heteroatoms. The highest BCUT2D eigenvalue weighted by atomic mass is 19.1. The van der Waals surface area contributed by atoms with Gasteiger partial charge in [0.05, 0.1) is 12.7 Å². The summed E-state index contributed by atoms with van der Waals surface area (Å²) in [4.78, 5) is 42.3. The van der Waals surface area contributed by atoms with Gasteiger partial charge in [0.2, 0.25) is 5.91 Å². The van der Waals surface area contributed by atoms with Crippen LogP contribution in [0.5, 0.6) is 5.75 Å². The molecule has 4 amide bonds. The minimum absolute atomic E-state index is 0.117. The Morgan fingerprint density at radius 3 is 2.29 bits per heavy atom. The molecule has 0 radical (unpaired) electrons. The summed E-state index contributed by atoms with van der Waals surface area (Å²) in [6, 6.07) is 18.0. The zero-order chi connectivity index (χ0) is 29.2. The molecule has 0 aromatic heterocycles. The number of halogens is 1. The van der Waals surface area contributed by atoms with Gasteiger partial charge in [-0.15, -0.1) is 0 Å². The fraction of sp³-hybridized carbons (Fsp3) is 0.300. The van der Waals surface area contributed by atoms with Crippen molar-refractivity contribution in [3.63, 3.8) is 0 Å². The van der Waals surface area contributed by atoms with E-state index in [-0.39, 0.29) is 36.8 Å². The van der Waals surface area contributed by atoms with E-state index in [4.69, 9.17) is 9.47 Å². The van der Waals surface area contributed by atoms with Gasteiger partial charge in [-0.2, -0.15) is 0 Å². The molecular weight excluding hydrogens is 529 g/mol. The van der Waals surface area contributed by atoms with Crippen molar-refractivity contribution in [2.24, 2.45) is 0 Å². The Hall–Kier alpha value is -4.64. The molecule has 1 saturated heterocycles. The topological polar surface area (TPSA) is 112 Å². The van der Waals surface area contributed by atoms with Gasteiger partial charge in [-0.1, -0.05) is 12.1 Å². The van der Waals surface area contributed by atoms with Crippen LogP contribution in [0.3, 0.4) is 0 Å². The van der Waals surface area contributed by atoms with Crippen LogP contribution in [-0.4, -0.2) is 69.8 Å². The van der Waals surface area contributed by atoms with Crippen LogP contribution in [0.4, 0.5) is 26.2 Å². The van der Waals surface area contributed by atoms with Crippen molar-refractivity contribution in [1.29, 1.82) is 0 Å². The largest absolute Gasteiger partial charge is 0.497 e. The predicted octanol–water partition coefficient (Wildman–Crippen LogP) is 4.09. The summed E-state index contributed by atoms with van der Waals surface area (Å²) >= 11 is 0. The monoisotopic (exact) mass is 563 g/mol. The van der Waals surface area contributed by atoms with Crippen LogP contribution in [0, 0.1) is 5.82 Å². The van der Waals surface area contributed by atoms with Crippen molar-refractivity contribution in [3.05, 3.63) is 83.7 Å². The molecule has 41 heavy (non-hydrogen) atoms. The molecule has 0 atom stereocenters. The molecule has 216 valence electrons. The van der Waals surface area contributed by atoms with E-state index in [2.05, 4.69) is 20.9 Å². The third-order valence-electron chi connectivity index (χ3n) is 6.63. The SMILES string of the molecule is COCC(=O)Nc1ccc(N2CCCN(C(=O)Nc3ccc(OC)cc3)CC2)c(C(=O)NCc2ccc(F)cc2)c1. The Kier molecular flexibility index (Phi) is 10.1. The number of hydrogen-bond donors (Lipinski definition) is 3. The van der Waals surface area contributed by atoms with E-state index in [0.29, 0.717) is 61.0 Å². The standard InChI is InChI=1S/C30H34FN5O5/c1-40-20-28(37)33-24-10-13-27(26(18-24)29(38)32-19-21-4-6-22(31)7-5-21)35-14-3-15-36(17-16-35)30(39)34-23-8-11-25(41-2)12-9-23/h4-13,18H,3,14-17,19-20H2,1-2H3,(H,32,38)(H,33,37)(H,34,39). The summed E-state index contributed by atoms with van der Waals surface area (Å²) in [7, 11) is 3.01. The number of methoxy groups -OCH3 is 2. The second-order valence-corrected chi connectivity index (χ2v) is 9.51. The van der Waals surface area contributed by atoms with Gasteiger partial charge < -0.3 is 35.2 Å². The lowest BCUT2D eigenvalue weighted by Gasteiger charge is -2.26. The molecule has 3 aromatic rings. The Balaban J connectivity index is 1.48. The maximum atomic E-state index is 13.4. The zero-order valence-electron chi connectivity index (χ0n) is 23.1. The Labute approximate surface area is 238 Å². The Morgan fingerprint density at radius 2 is 1.59 bits per heavy atom. The highest BCUT2D eigenvalue weighted by Crippen LogP contribution is 2.26. The first kappa shape index (κ1) is 29.3. The van der Waals surface area contributed by atoms with Crippen LogP contribution in [0.2, 0.25) is 0 Å². The predicted molar refractivity (Wildman–Crippen MR) is 155 cm³/mol. The molecule has 1 aliphatic rings. The summed E-state index contributed by atoms with van der Waals surface area (Å²) in [6.45, 7) is 2.22. The summed E-state index contributed by atoms with van der Waals surface area (Å²) in [5.74, 6) is -0.332. The maximum absolute atomic E-state index is 13.4. The lowest BCUT2D eigenvalue weighted by Crippen LogP contribution is -2.38.